The molecular weight excluding hydrogens is 226 g/mol. The molecule has 0 aliphatic rings. The van der Waals surface area contributed by atoms with Gasteiger partial charge in [-0.25, -0.2) is 0 Å². The second-order valence-electron chi connectivity index (χ2n) is 5.53. The second-order valence-corrected chi connectivity index (χ2v) is 5.53. The van der Waals surface area contributed by atoms with Crippen molar-refractivity contribution in [2.24, 2.45) is 5.73 Å². The van der Waals surface area contributed by atoms with Gasteiger partial charge in [0.15, 0.2) is 0 Å². The minimum atomic E-state index is -0.603. The summed E-state index contributed by atoms with van der Waals surface area (Å²) in [6, 6.07) is 0.258. The van der Waals surface area contributed by atoms with E-state index < -0.39 is 5.54 Å². The molecule has 0 saturated heterocycles. The van der Waals surface area contributed by atoms with Crippen molar-refractivity contribution in [1.29, 1.82) is 0 Å². The Morgan fingerprint density at radius 1 is 1.33 bits per heavy atom. The maximum atomic E-state index is 11.6. The molecule has 0 bridgehead atoms. The monoisotopic (exact) mass is 257 g/mol. The Labute approximate surface area is 112 Å². The molecule has 4 nitrogen and oxygen atoms in total. The Kier molecular flexibility index (Phi) is 8.20. The molecule has 0 aliphatic carbocycles. The van der Waals surface area contributed by atoms with Crippen LogP contribution >= 0.6 is 0 Å². The number of nitrogens with one attached hydrogen (secondary N) is 1. The first-order chi connectivity index (χ1) is 8.35. The number of hydrogen-bond acceptors (Lipinski definition) is 3. The van der Waals surface area contributed by atoms with Gasteiger partial charge in [-0.3, -0.25) is 4.79 Å². The van der Waals surface area contributed by atoms with E-state index in [9.17, 15) is 4.79 Å². The quantitative estimate of drug-likeness (QED) is 0.627. The second kappa shape index (κ2) is 8.48. The van der Waals surface area contributed by atoms with E-state index in [2.05, 4.69) is 24.1 Å². The molecule has 108 valence electrons. The lowest BCUT2D eigenvalue weighted by molar-refractivity contribution is -0.124. The van der Waals surface area contributed by atoms with Crippen LogP contribution in [0.4, 0.5) is 0 Å². The average molecular weight is 257 g/mol. The van der Waals surface area contributed by atoms with Crippen molar-refractivity contribution in [3.63, 3.8) is 0 Å². The van der Waals surface area contributed by atoms with Gasteiger partial charge in [0.1, 0.15) is 0 Å². The van der Waals surface area contributed by atoms with E-state index in [0.717, 1.165) is 26.1 Å². The molecule has 1 atom stereocenters. The van der Waals surface area contributed by atoms with E-state index >= 15 is 0 Å². The van der Waals surface area contributed by atoms with Crippen molar-refractivity contribution in [2.75, 3.05) is 19.6 Å². The van der Waals surface area contributed by atoms with Crippen LogP contribution in [0.15, 0.2) is 0 Å². The lowest BCUT2D eigenvalue weighted by Crippen LogP contribution is -2.56. The Balaban J connectivity index is 4.36. The van der Waals surface area contributed by atoms with Crippen molar-refractivity contribution in [2.45, 2.75) is 65.5 Å². The summed E-state index contributed by atoms with van der Waals surface area (Å²) in [5, 5.41) is 3.29. The van der Waals surface area contributed by atoms with Gasteiger partial charge < -0.3 is 16.0 Å². The van der Waals surface area contributed by atoms with Crippen LogP contribution in [0.1, 0.15) is 53.9 Å². The van der Waals surface area contributed by atoms with Crippen LogP contribution in [0.3, 0.4) is 0 Å². The van der Waals surface area contributed by atoms with Gasteiger partial charge in [0.05, 0.1) is 5.54 Å². The molecule has 18 heavy (non-hydrogen) atoms. The molecule has 1 unspecified atom stereocenters. The average Bonchev–Trinajstić information content (AvgIpc) is 2.28. The van der Waals surface area contributed by atoms with Crippen LogP contribution in [-0.2, 0) is 4.79 Å². The highest BCUT2D eigenvalue weighted by Crippen LogP contribution is 2.12. The van der Waals surface area contributed by atoms with Crippen LogP contribution in [0.2, 0.25) is 0 Å². The van der Waals surface area contributed by atoms with Crippen LogP contribution in [0.5, 0.6) is 0 Å². The van der Waals surface area contributed by atoms with E-state index in [1.807, 2.05) is 20.8 Å². The van der Waals surface area contributed by atoms with E-state index in [1.54, 1.807) is 0 Å². The maximum absolute atomic E-state index is 11.6. The third kappa shape index (κ3) is 6.36. The van der Waals surface area contributed by atoms with Crippen LogP contribution < -0.4 is 11.1 Å². The lowest BCUT2D eigenvalue weighted by atomic mass is 9.95. The molecular formula is C14H31N3O. The molecule has 4 heteroatoms. The normalized spacial score (nSPS) is 15.1. The number of rotatable bonds is 10. The van der Waals surface area contributed by atoms with Gasteiger partial charge in [-0.2, -0.15) is 0 Å². The minimum Gasteiger partial charge on any atom is -0.368 e. The van der Waals surface area contributed by atoms with Crippen molar-refractivity contribution in [1.82, 2.24) is 10.2 Å². The van der Waals surface area contributed by atoms with Gasteiger partial charge in [-0.15, -0.1) is 0 Å². The van der Waals surface area contributed by atoms with Crippen LogP contribution in [0.25, 0.3) is 0 Å². The molecule has 0 rings (SSSR count). The van der Waals surface area contributed by atoms with E-state index in [0.29, 0.717) is 0 Å². The summed E-state index contributed by atoms with van der Waals surface area (Å²) >= 11 is 0. The predicted molar refractivity (Wildman–Crippen MR) is 77.5 cm³/mol. The van der Waals surface area contributed by atoms with Crippen molar-refractivity contribution >= 4 is 5.91 Å². The van der Waals surface area contributed by atoms with Crippen molar-refractivity contribution in [3.05, 3.63) is 0 Å². The van der Waals surface area contributed by atoms with Crippen LogP contribution in [0, 0.1) is 0 Å². The zero-order valence-electron chi connectivity index (χ0n) is 12.8. The molecule has 0 aliphatic heterocycles. The summed E-state index contributed by atoms with van der Waals surface area (Å²) in [5.74, 6) is -0.261. The fraction of sp³-hybridized carbons (Fsp3) is 0.929. The van der Waals surface area contributed by atoms with Gasteiger partial charge in [-0.05, 0) is 46.7 Å². The number of amides is 1. The van der Waals surface area contributed by atoms with E-state index in [4.69, 9.17) is 5.73 Å². The Hall–Kier alpha value is -0.610. The van der Waals surface area contributed by atoms with Gasteiger partial charge in [0.2, 0.25) is 5.91 Å². The largest absolute Gasteiger partial charge is 0.368 e. The summed E-state index contributed by atoms with van der Waals surface area (Å²) in [6.45, 7) is 13.4. The van der Waals surface area contributed by atoms with Crippen LogP contribution in [-0.4, -0.2) is 42.0 Å². The summed E-state index contributed by atoms with van der Waals surface area (Å²) < 4.78 is 0. The Morgan fingerprint density at radius 3 is 2.33 bits per heavy atom. The fourth-order valence-electron chi connectivity index (χ4n) is 2.10. The summed E-state index contributed by atoms with van der Waals surface area (Å²) in [6.07, 6.45) is 3.17. The third-order valence-electron chi connectivity index (χ3n) is 3.35. The Morgan fingerprint density at radius 2 is 1.94 bits per heavy atom. The number of nitrogens with two attached hydrogens (primary N) is 1. The number of hydrogen-bond donors (Lipinski definition) is 2. The first-order valence-corrected chi connectivity index (χ1v) is 7.15. The van der Waals surface area contributed by atoms with E-state index in [1.165, 1.54) is 12.8 Å². The first-order valence-electron chi connectivity index (χ1n) is 7.15. The third-order valence-corrected chi connectivity index (χ3v) is 3.35. The summed E-state index contributed by atoms with van der Waals surface area (Å²) in [7, 11) is 0. The molecule has 0 radical (unpaired) electrons. The number of carbonyl (C=O) groups is 1. The smallest absolute Gasteiger partial charge is 0.237 e. The zero-order chi connectivity index (χ0) is 14.2. The number of primary amides is 1. The molecule has 0 fully saturated rings. The molecule has 0 spiro atoms. The maximum Gasteiger partial charge on any atom is 0.237 e. The standard InChI is InChI=1S/C14H31N3O/c1-6-8-10-17(7-2)11-9-14(5,13(15)18)16-12(3)4/h12,16H,6-11H2,1-5H3,(H2,15,18). The Bertz CT molecular complexity index is 243. The SMILES string of the molecule is CCCCN(CC)CCC(C)(NC(C)C)C(N)=O. The predicted octanol–water partition coefficient (Wildman–Crippen LogP) is 1.74. The molecule has 0 heterocycles. The lowest BCUT2D eigenvalue weighted by Gasteiger charge is -2.32. The van der Waals surface area contributed by atoms with Crippen molar-refractivity contribution in [3.8, 4) is 0 Å². The van der Waals surface area contributed by atoms with Gasteiger partial charge in [0, 0.05) is 12.6 Å². The highest BCUT2D eigenvalue weighted by atomic mass is 16.1. The number of nitrogens with zero attached hydrogens (tertiary/aromatic N) is 1. The molecule has 3 N–H and O–H groups in total. The highest BCUT2D eigenvalue weighted by molar-refractivity contribution is 5.84. The summed E-state index contributed by atoms with van der Waals surface area (Å²) in [5.41, 5.74) is 4.92. The summed E-state index contributed by atoms with van der Waals surface area (Å²) in [4.78, 5) is 14.0. The first kappa shape index (κ1) is 17.4. The van der Waals surface area contributed by atoms with Gasteiger partial charge in [-0.1, -0.05) is 20.3 Å². The molecule has 0 aromatic carbocycles. The van der Waals surface area contributed by atoms with Gasteiger partial charge in [0.25, 0.3) is 0 Å². The molecule has 0 aromatic rings. The zero-order valence-corrected chi connectivity index (χ0v) is 12.8. The number of unbranched alkanes of at least 4 members (excludes halogenated alkanes) is 1. The molecule has 0 aromatic heterocycles. The minimum absolute atomic E-state index is 0.258. The molecule has 0 saturated carbocycles. The van der Waals surface area contributed by atoms with E-state index in [-0.39, 0.29) is 11.9 Å². The van der Waals surface area contributed by atoms with Crippen molar-refractivity contribution < 1.29 is 4.79 Å². The fourth-order valence-corrected chi connectivity index (χ4v) is 2.10. The highest BCUT2D eigenvalue weighted by Gasteiger charge is 2.31. The van der Waals surface area contributed by atoms with Gasteiger partial charge >= 0.3 is 0 Å². The molecule has 1 amide bonds. The topological polar surface area (TPSA) is 58.4 Å². The number of carbonyl (C=O) groups excluding carboxylic acids is 1.